The number of H-pyrrole nitrogens is 1. The van der Waals surface area contributed by atoms with Crippen LogP contribution in [0, 0.1) is 18.3 Å². The maximum absolute atomic E-state index is 11.6. The molecule has 0 aliphatic carbocycles. The molecule has 1 aromatic carbocycles. The molecular formula is C21H16N12O. The summed E-state index contributed by atoms with van der Waals surface area (Å²) >= 11 is 0. The third-order valence-electron chi connectivity index (χ3n) is 4.79. The van der Waals surface area contributed by atoms with Crippen LogP contribution in [-0.4, -0.2) is 45.5 Å². The van der Waals surface area contributed by atoms with Crippen molar-refractivity contribution in [3.05, 3.63) is 60.2 Å². The van der Waals surface area contributed by atoms with E-state index in [9.17, 15) is 10.1 Å². The molecule has 0 atom stereocenters. The van der Waals surface area contributed by atoms with E-state index in [2.05, 4.69) is 45.8 Å². The molecule has 4 aromatic heterocycles. The van der Waals surface area contributed by atoms with Crippen molar-refractivity contribution in [1.82, 2.24) is 39.6 Å². The quantitative estimate of drug-likeness (QED) is 0.386. The van der Waals surface area contributed by atoms with Crippen LogP contribution in [0.25, 0.3) is 23.0 Å². The molecule has 0 saturated carbocycles. The first-order valence-corrected chi connectivity index (χ1v) is 10.0. The largest absolute Gasteiger partial charge is 0.326 e. The second-order valence-electron chi connectivity index (χ2n) is 7.13. The van der Waals surface area contributed by atoms with E-state index in [0.29, 0.717) is 34.1 Å². The predicted molar refractivity (Wildman–Crippen MR) is 120 cm³/mol. The highest BCUT2D eigenvalue weighted by atomic mass is 16.1. The van der Waals surface area contributed by atoms with Gasteiger partial charge in [-0.15, -0.1) is 20.0 Å². The van der Waals surface area contributed by atoms with Gasteiger partial charge in [-0.25, -0.2) is 9.97 Å². The Morgan fingerprint density at radius 2 is 1.94 bits per heavy atom. The third kappa shape index (κ3) is 3.65. The molecule has 0 spiro atoms. The molecule has 0 bridgehead atoms. The van der Waals surface area contributed by atoms with Gasteiger partial charge in [0, 0.05) is 24.9 Å². The molecule has 13 heteroatoms. The number of aromatic nitrogens is 8. The van der Waals surface area contributed by atoms with E-state index in [1.807, 2.05) is 24.3 Å². The standard InChI is InChI=1S/C21H16N12O/c1-12-17(28-29-19-14(10-22)11-25-32(19)21-23-8-5-9-24-21)20-27-18(31-33(20)30-12)15-6-3-4-7-16(15)26-13(2)34/h3-9,11H,1-2H3,(H,26,34)(H,27,31)/b29-28+. The van der Waals surface area contributed by atoms with Gasteiger partial charge in [0.25, 0.3) is 5.95 Å². The molecule has 0 aliphatic rings. The van der Waals surface area contributed by atoms with Crippen LogP contribution in [0.4, 0.5) is 17.2 Å². The highest BCUT2D eigenvalue weighted by molar-refractivity contribution is 5.93. The first-order chi connectivity index (χ1) is 16.5. The summed E-state index contributed by atoms with van der Waals surface area (Å²) in [7, 11) is 0. The third-order valence-corrected chi connectivity index (χ3v) is 4.79. The molecule has 1 amide bonds. The Labute approximate surface area is 191 Å². The summed E-state index contributed by atoms with van der Waals surface area (Å²) in [6.45, 7) is 3.21. The molecule has 5 aromatic rings. The molecule has 166 valence electrons. The maximum atomic E-state index is 11.6. The van der Waals surface area contributed by atoms with Crippen LogP contribution in [0.3, 0.4) is 0 Å². The van der Waals surface area contributed by atoms with Gasteiger partial charge >= 0.3 is 0 Å². The Hall–Kier alpha value is -5.25. The van der Waals surface area contributed by atoms with Gasteiger partial charge < -0.3 is 10.3 Å². The van der Waals surface area contributed by atoms with Crippen LogP contribution < -0.4 is 5.32 Å². The minimum atomic E-state index is -0.193. The Bertz CT molecular complexity index is 1590. The normalized spacial score (nSPS) is 11.2. The average Bonchev–Trinajstić information content (AvgIpc) is 3.51. The average molecular weight is 452 g/mol. The number of anilines is 1. The first-order valence-electron chi connectivity index (χ1n) is 10.0. The van der Waals surface area contributed by atoms with Crippen molar-refractivity contribution >= 4 is 28.7 Å². The lowest BCUT2D eigenvalue weighted by Crippen LogP contribution is -2.07. The lowest BCUT2D eigenvalue weighted by molar-refractivity contribution is -0.114. The summed E-state index contributed by atoms with van der Waals surface area (Å²) in [4.78, 5) is 23.1. The lowest BCUT2D eigenvalue weighted by atomic mass is 10.1. The number of nitrogens with one attached hydrogen (secondary N) is 2. The zero-order valence-electron chi connectivity index (χ0n) is 18.0. The summed E-state index contributed by atoms with van der Waals surface area (Å²) < 4.78 is 2.74. The highest BCUT2D eigenvalue weighted by Gasteiger charge is 2.18. The summed E-state index contributed by atoms with van der Waals surface area (Å²) in [5, 5.41) is 33.9. The molecule has 2 N–H and O–H groups in total. The van der Waals surface area contributed by atoms with Crippen molar-refractivity contribution in [2.45, 2.75) is 13.8 Å². The first kappa shape index (κ1) is 20.6. The number of amides is 1. The number of benzene rings is 1. The summed E-state index contributed by atoms with van der Waals surface area (Å²) in [6, 6.07) is 11.0. The van der Waals surface area contributed by atoms with E-state index < -0.39 is 0 Å². The number of azo groups is 1. The number of hydrogen-bond donors (Lipinski definition) is 2. The number of carbonyl (C=O) groups is 1. The minimum Gasteiger partial charge on any atom is -0.326 e. The van der Waals surface area contributed by atoms with Crippen LogP contribution >= 0.6 is 0 Å². The Kier molecular flexibility index (Phi) is 5.07. The number of nitriles is 1. The zero-order valence-corrected chi connectivity index (χ0v) is 18.0. The number of carbonyl (C=O) groups excluding carboxylic acids is 1. The van der Waals surface area contributed by atoms with Crippen molar-refractivity contribution in [1.29, 1.82) is 5.26 Å². The highest BCUT2D eigenvalue weighted by Crippen LogP contribution is 2.31. The molecule has 0 fully saturated rings. The fourth-order valence-corrected chi connectivity index (χ4v) is 3.31. The van der Waals surface area contributed by atoms with Gasteiger partial charge in [0.2, 0.25) is 5.91 Å². The molecule has 34 heavy (non-hydrogen) atoms. The lowest BCUT2D eigenvalue weighted by Gasteiger charge is -2.06. The van der Waals surface area contributed by atoms with Crippen molar-refractivity contribution in [3.63, 3.8) is 0 Å². The maximum Gasteiger partial charge on any atom is 0.252 e. The molecule has 13 nitrogen and oxygen atoms in total. The monoisotopic (exact) mass is 452 g/mol. The number of rotatable bonds is 5. The van der Waals surface area contributed by atoms with Gasteiger partial charge in [0.05, 0.1) is 17.6 Å². The molecule has 0 saturated heterocycles. The number of para-hydroxylation sites is 1. The SMILES string of the molecule is CC(=O)Nc1ccccc1-c1nn2nc(C)c(/N=N/c3c(C#N)cnn3-c3ncccn3)c2[nH]1. The van der Waals surface area contributed by atoms with Gasteiger partial charge in [-0.3, -0.25) is 4.79 Å². The van der Waals surface area contributed by atoms with E-state index >= 15 is 0 Å². The van der Waals surface area contributed by atoms with Crippen molar-refractivity contribution < 1.29 is 4.79 Å². The minimum absolute atomic E-state index is 0.184. The summed E-state index contributed by atoms with van der Waals surface area (Å²) in [6.07, 6.45) is 4.50. The van der Waals surface area contributed by atoms with Gasteiger partial charge in [0.1, 0.15) is 11.6 Å². The van der Waals surface area contributed by atoms with Crippen LogP contribution in [0.5, 0.6) is 0 Å². The molecule has 5 rings (SSSR count). The van der Waals surface area contributed by atoms with E-state index in [4.69, 9.17) is 0 Å². The van der Waals surface area contributed by atoms with E-state index in [-0.39, 0.29) is 23.2 Å². The second-order valence-corrected chi connectivity index (χ2v) is 7.13. The molecule has 0 radical (unpaired) electrons. The number of aromatic amines is 1. The van der Waals surface area contributed by atoms with Gasteiger partial charge in [-0.05, 0) is 25.1 Å². The van der Waals surface area contributed by atoms with Crippen molar-refractivity contribution in [2.24, 2.45) is 10.2 Å². The van der Waals surface area contributed by atoms with Crippen molar-refractivity contribution in [2.75, 3.05) is 5.32 Å². The fraction of sp³-hybridized carbons (Fsp3) is 0.0952. The van der Waals surface area contributed by atoms with E-state index in [1.165, 1.54) is 22.4 Å². The van der Waals surface area contributed by atoms with E-state index in [0.717, 1.165) is 0 Å². The second kappa shape index (κ2) is 8.36. The van der Waals surface area contributed by atoms with Crippen LogP contribution in [0.2, 0.25) is 0 Å². The molecular weight excluding hydrogens is 436 g/mol. The van der Waals surface area contributed by atoms with Gasteiger partial charge in [-0.2, -0.15) is 20.1 Å². The molecule has 4 heterocycles. The Balaban J connectivity index is 1.57. The zero-order chi connectivity index (χ0) is 23.7. The fourth-order valence-electron chi connectivity index (χ4n) is 3.31. The Morgan fingerprint density at radius 3 is 2.71 bits per heavy atom. The topological polar surface area (TPSA) is 167 Å². The summed E-state index contributed by atoms with van der Waals surface area (Å²) in [5.74, 6) is 0.738. The predicted octanol–water partition coefficient (Wildman–Crippen LogP) is 3.25. The summed E-state index contributed by atoms with van der Waals surface area (Å²) in [5.41, 5.74) is 3.01. The molecule has 0 unspecified atom stereocenters. The van der Waals surface area contributed by atoms with Crippen molar-refractivity contribution in [3.8, 4) is 23.4 Å². The van der Waals surface area contributed by atoms with Crippen LogP contribution in [-0.2, 0) is 4.79 Å². The number of nitrogens with zero attached hydrogens (tertiary/aromatic N) is 10. The van der Waals surface area contributed by atoms with Crippen LogP contribution in [0.1, 0.15) is 18.2 Å². The van der Waals surface area contributed by atoms with E-state index in [1.54, 1.807) is 31.5 Å². The number of hydrogen-bond acceptors (Lipinski definition) is 9. The van der Waals surface area contributed by atoms with Crippen LogP contribution in [0.15, 0.2) is 59.2 Å². The van der Waals surface area contributed by atoms with Gasteiger partial charge in [0.15, 0.2) is 23.0 Å². The number of fused-ring (bicyclic) bond motifs is 1. The molecule has 0 aliphatic heterocycles. The number of aryl methyl sites for hydroxylation is 1. The Morgan fingerprint density at radius 1 is 1.15 bits per heavy atom. The van der Waals surface area contributed by atoms with Gasteiger partial charge in [-0.1, -0.05) is 12.1 Å². The smallest absolute Gasteiger partial charge is 0.252 e.